The molecule has 3 nitrogen and oxygen atoms in total. The zero-order valence-corrected chi connectivity index (χ0v) is 13.5. The van der Waals surface area contributed by atoms with Crippen LogP contribution in [0.15, 0.2) is 51.8 Å². The lowest BCUT2D eigenvalue weighted by Crippen LogP contribution is -2.16. The molecular weight excluding hydrogens is 352 g/mol. The Hall–Kier alpha value is -1.46. The monoisotopic (exact) mass is 364 g/mol. The normalized spacial score (nSPS) is 16.3. The van der Waals surface area contributed by atoms with Crippen LogP contribution in [0.25, 0.3) is 0 Å². The summed E-state index contributed by atoms with van der Waals surface area (Å²) in [6.07, 6.45) is 0.943. The summed E-state index contributed by atoms with van der Waals surface area (Å²) < 4.78 is 6.95. The molecular formula is C16H13BrO3S. The highest BCUT2D eigenvalue weighted by molar-refractivity contribution is 9.10. The molecule has 0 bridgehead atoms. The standard InChI is InChI=1S/C16H13BrO3S/c17-11-5-6-14-10(7-11)8-12(20-14)9-21-15-4-2-1-3-13(15)16(18)19/h1-7,12H,8-9H2,(H,18,19). The highest BCUT2D eigenvalue weighted by Gasteiger charge is 2.23. The number of fused-ring (bicyclic) bond motifs is 1. The van der Waals surface area contributed by atoms with Gasteiger partial charge in [-0.1, -0.05) is 28.1 Å². The number of aromatic carboxylic acids is 1. The number of thioether (sulfide) groups is 1. The molecule has 1 N–H and O–H groups in total. The second-order valence-electron chi connectivity index (χ2n) is 4.81. The Balaban J connectivity index is 1.67. The molecule has 0 spiro atoms. The Morgan fingerprint density at radius 2 is 2.14 bits per heavy atom. The van der Waals surface area contributed by atoms with E-state index in [4.69, 9.17) is 4.74 Å². The third-order valence-corrected chi connectivity index (χ3v) is 5.00. The van der Waals surface area contributed by atoms with Crippen LogP contribution in [0.1, 0.15) is 15.9 Å². The Kier molecular flexibility index (Phi) is 4.22. The molecule has 1 atom stereocenters. The molecule has 0 amide bonds. The molecule has 2 aromatic rings. The van der Waals surface area contributed by atoms with Crippen molar-refractivity contribution in [1.29, 1.82) is 0 Å². The number of benzene rings is 2. The van der Waals surface area contributed by atoms with E-state index >= 15 is 0 Å². The van der Waals surface area contributed by atoms with Crippen molar-refractivity contribution < 1.29 is 14.6 Å². The quantitative estimate of drug-likeness (QED) is 0.824. The van der Waals surface area contributed by atoms with Crippen LogP contribution < -0.4 is 4.74 Å². The fraction of sp³-hybridized carbons (Fsp3) is 0.188. The number of carboxylic acid groups (broad SMARTS) is 1. The number of hydrogen-bond donors (Lipinski definition) is 1. The molecule has 0 saturated carbocycles. The molecule has 1 heterocycles. The van der Waals surface area contributed by atoms with Crippen LogP contribution in [0.2, 0.25) is 0 Å². The smallest absolute Gasteiger partial charge is 0.336 e. The van der Waals surface area contributed by atoms with E-state index in [0.717, 1.165) is 27.3 Å². The molecule has 1 unspecified atom stereocenters. The third-order valence-electron chi connectivity index (χ3n) is 3.31. The summed E-state index contributed by atoms with van der Waals surface area (Å²) in [5.41, 5.74) is 1.54. The number of rotatable bonds is 4. The summed E-state index contributed by atoms with van der Waals surface area (Å²) in [5, 5.41) is 9.18. The fourth-order valence-corrected chi connectivity index (χ4v) is 3.78. The largest absolute Gasteiger partial charge is 0.489 e. The Morgan fingerprint density at radius 3 is 2.95 bits per heavy atom. The van der Waals surface area contributed by atoms with Gasteiger partial charge < -0.3 is 9.84 Å². The summed E-state index contributed by atoms with van der Waals surface area (Å²) in [6.45, 7) is 0. The van der Waals surface area contributed by atoms with E-state index in [1.807, 2.05) is 24.3 Å². The first-order valence-corrected chi connectivity index (χ1v) is 8.31. The van der Waals surface area contributed by atoms with E-state index in [-0.39, 0.29) is 6.10 Å². The van der Waals surface area contributed by atoms with Gasteiger partial charge in [0.25, 0.3) is 0 Å². The molecule has 5 heteroatoms. The summed E-state index contributed by atoms with van der Waals surface area (Å²) in [6, 6.07) is 13.1. The van der Waals surface area contributed by atoms with Crippen LogP contribution in [-0.4, -0.2) is 22.9 Å². The molecule has 0 fully saturated rings. The maximum Gasteiger partial charge on any atom is 0.336 e. The first-order chi connectivity index (χ1) is 10.1. The molecule has 3 rings (SSSR count). The van der Waals surface area contributed by atoms with Crippen molar-refractivity contribution in [2.24, 2.45) is 0 Å². The second kappa shape index (κ2) is 6.12. The molecule has 0 radical (unpaired) electrons. The number of carboxylic acids is 1. The lowest BCUT2D eigenvalue weighted by atomic mass is 10.1. The molecule has 108 valence electrons. The minimum absolute atomic E-state index is 0.0844. The van der Waals surface area contributed by atoms with Crippen LogP contribution in [-0.2, 0) is 6.42 Å². The predicted molar refractivity (Wildman–Crippen MR) is 86.4 cm³/mol. The van der Waals surface area contributed by atoms with E-state index < -0.39 is 5.97 Å². The van der Waals surface area contributed by atoms with Gasteiger partial charge in [-0.05, 0) is 35.9 Å². The summed E-state index contributed by atoms with van der Waals surface area (Å²) in [7, 11) is 0. The minimum Gasteiger partial charge on any atom is -0.489 e. The molecule has 0 aromatic heterocycles. The van der Waals surface area contributed by atoms with Crippen molar-refractivity contribution in [3.63, 3.8) is 0 Å². The topological polar surface area (TPSA) is 46.5 Å². The van der Waals surface area contributed by atoms with E-state index in [1.54, 1.807) is 12.1 Å². The van der Waals surface area contributed by atoms with E-state index in [0.29, 0.717) is 5.56 Å². The van der Waals surface area contributed by atoms with E-state index in [9.17, 15) is 9.90 Å². The van der Waals surface area contributed by atoms with Crippen molar-refractivity contribution in [1.82, 2.24) is 0 Å². The third kappa shape index (κ3) is 3.24. The van der Waals surface area contributed by atoms with Gasteiger partial charge in [-0.2, -0.15) is 0 Å². The van der Waals surface area contributed by atoms with Crippen molar-refractivity contribution in [3.05, 3.63) is 58.1 Å². The summed E-state index contributed by atoms with van der Waals surface area (Å²) >= 11 is 4.99. The number of hydrogen-bond acceptors (Lipinski definition) is 3. The highest BCUT2D eigenvalue weighted by Crippen LogP contribution is 2.34. The van der Waals surface area contributed by atoms with Crippen molar-refractivity contribution >= 4 is 33.7 Å². The molecule has 1 aliphatic heterocycles. The molecule has 21 heavy (non-hydrogen) atoms. The number of carbonyl (C=O) groups is 1. The fourth-order valence-electron chi connectivity index (χ4n) is 2.33. The van der Waals surface area contributed by atoms with Gasteiger partial charge >= 0.3 is 5.97 Å². The van der Waals surface area contributed by atoms with Gasteiger partial charge in [0.2, 0.25) is 0 Å². The van der Waals surface area contributed by atoms with Crippen LogP contribution in [0.4, 0.5) is 0 Å². The molecule has 0 aliphatic carbocycles. The van der Waals surface area contributed by atoms with Crippen molar-refractivity contribution in [3.8, 4) is 5.75 Å². The molecule has 1 aliphatic rings. The van der Waals surface area contributed by atoms with Crippen molar-refractivity contribution in [2.75, 3.05) is 5.75 Å². The van der Waals surface area contributed by atoms with Gasteiger partial charge in [0.05, 0.1) is 5.56 Å². The predicted octanol–water partition coefficient (Wildman–Crippen LogP) is 4.24. The Morgan fingerprint density at radius 1 is 1.33 bits per heavy atom. The van der Waals surface area contributed by atoms with Crippen LogP contribution >= 0.6 is 27.7 Å². The first kappa shape index (κ1) is 14.5. The maximum atomic E-state index is 11.2. The summed E-state index contributed by atoms with van der Waals surface area (Å²) in [5.74, 6) is 0.768. The number of halogens is 1. The van der Waals surface area contributed by atoms with Gasteiger partial charge in [0, 0.05) is 21.5 Å². The Labute approximate surface area is 135 Å². The zero-order valence-electron chi connectivity index (χ0n) is 11.1. The first-order valence-electron chi connectivity index (χ1n) is 6.53. The average molecular weight is 365 g/mol. The van der Waals surface area contributed by atoms with Gasteiger partial charge in [0.1, 0.15) is 11.9 Å². The van der Waals surface area contributed by atoms with E-state index in [2.05, 4.69) is 22.0 Å². The average Bonchev–Trinajstić information content (AvgIpc) is 2.87. The molecule has 2 aromatic carbocycles. The van der Waals surface area contributed by atoms with Crippen LogP contribution in [0, 0.1) is 0 Å². The summed E-state index contributed by atoms with van der Waals surface area (Å²) in [4.78, 5) is 12.0. The van der Waals surface area contributed by atoms with Gasteiger partial charge in [-0.25, -0.2) is 4.79 Å². The van der Waals surface area contributed by atoms with E-state index in [1.165, 1.54) is 17.3 Å². The lowest BCUT2D eigenvalue weighted by molar-refractivity contribution is 0.0693. The number of ether oxygens (including phenoxy) is 1. The molecule has 0 saturated heterocycles. The minimum atomic E-state index is -0.891. The van der Waals surface area contributed by atoms with Crippen molar-refractivity contribution in [2.45, 2.75) is 17.4 Å². The maximum absolute atomic E-state index is 11.2. The zero-order chi connectivity index (χ0) is 14.8. The van der Waals surface area contributed by atoms with Gasteiger partial charge in [-0.3, -0.25) is 0 Å². The highest BCUT2D eigenvalue weighted by atomic mass is 79.9. The lowest BCUT2D eigenvalue weighted by Gasteiger charge is -2.11. The van der Waals surface area contributed by atoms with Crippen LogP contribution in [0.3, 0.4) is 0 Å². The van der Waals surface area contributed by atoms with Gasteiger partial charge in [0.15, 0.2) is 0 Å². The second-order valence-corrected chi connectivity index (χ2v) is 6.79. The SMILES string of the molecule is O=C(O)c1ccccc1SCC1Cc2cc(Br)ccc2O1. The van der Waals surface area contributed by atoms with Gasteiger partial charge in [-0.15, -0.1) is 11.8 Å². The Bertz CT molecular complexity index is 687. The van der Waals surface area contributed by atoms with Crippen LogP contribution in [0.5, 0.6) is 5.75 Å².